The molecule has 0 aliphatic heterocycles. The van der Waals surface area contributed by atoms with Crippen LogP contribution in [0.25, 0.3) is 0 Å². The van der Waals surface area contributed by atoms with Gasteiger partial charge < -0.3 is 11.1 Å². The highest BCUT2D eigenvalue weighted by molar-refractivity contribution is 7.98. The minimum Gasteiger partial charge on any atom is -0.348 e. The van der Waals surface area contributed by atoms with Gasteiger partial charge in [0.2, 0.25) is 5.91 Å². The molecule has 2 atom stereocenters. The van der Waals surface area contributed by atoms with Gasteiger partial charge >= 0.3 is 0 Å². The van der Waals surface area contributed by atoms with Crippen molar-refractivity contribution in [1.82, 2.24) is 5.32 Å². The number of thioether (sulfide) groups is 1. The number of nitrogens with one attached hydrogen (secondary N) is 1. The summed E-state index contributed by atoms with van der Waals surface area (Å²) in [5.41, 5.74) is 9.42. The van der Waals surface area contributed by atoms with Crippen molar-refractivity contribution in [3.8, 4) is 0 Å². The fourth-order valence-corrected chi connectivity index (χ4v) is 2.49. The van der Waals surface area contributed by atoms with E-state index in [9.17, 15) is 4.79 Å². The average molecular weight is 280 g/mol. The second-order valence-corrected chi connectivity index (χ2v) is 5.96. The van der Waals surface area contributed by atoms with E-state index >= 15 is 0 Å². The molecule has 0 aliphatic rings. The van der Waals surface area contributed by atoms with Crippen molar-refractivity contribution in [2.24, 2.45) is 5.73 Å². The fourth-order valence-electron chi connectivity index (χ4n) is 2.00. The van der Waals surface area contributed by atoms with Gasteiger partial charge in [0.1, 0.15) is 0 Å². The molecule has 3 N–H and O–H groups in total. The van der Waals surface area contributed by atoms with E-state index in [0.717, 1.165) is 11.3 Å². The largest absolute Gasteiger partial charge is 0.348 e. The third kappa shape index (κ3) is 4.88. The summed E-state index contributed by atoms with van der Waals surface area (Å²) in [6.07, 6.45) is 2.73. The number of rotatable bonds is 6. The van der Waals surface area contributed by atoms with E-state index in [-0.39, 0.29) is 11.9 Å². The molecule has 0 spiro atoms. The van der Waals surface area contributed by atoms with Crippen molar-refractivity contribution in [2.75, 3.05) is 12.0 Å². The molecule has 0 saturated heterocycles. The Labute approximate surface area is 120 Å². The van der Waals surface area contributed by atoms with E-state index in [1.54, 1.807) is 11.8 Å². The lowest BCUT2D eigenvalue weighted by Gasteiger charge is -2.19. The van der Waals surface area contributed by atoms with E-state index in [1.165, 1.54) is 11.1 Å². The molecule has 1 unspecified atom stereocenters. The number of benzene rings is 1. The van der Waals surface area contributed by atoms with Gasteiger partial charge in [0.25, 0.3) is 0 Å². The molecule has 0 bridgehead atoms. The van der Waals surface area contributed by atoms with Gasteiger partial charge in [-0.05, 0) is 50.3 Å². The van der Waals surface area contributed by atoms with Crippen LogP contribution in [0.15, 0.2) is 18.2 Å². The summed E-state index contributed by atoms with van der Waals surface area (Å²) >= 11 is 1.71. The Kier molecular flexibility index (Phi) is 6.38. The molecule has 1 aromatic rings. The summed E-state index contributed by atoms with van der Waals surface area (Å²) in [6, 6.07) is 5.86. The lowest BCUT2D eigenvalue weighted by molar-refractivity contribution is -0.123. The molecule has 0 radical (unpaired) electrons. The molecule has 106 valence electrons. The quantitative estimate of drug-likeness (QED) is 0.842. The molecule has 0 aromatic heterocycles. The van der Waals surface area contributed by atoms with Crippen LogP contribution in [0.1, 0.15) is 36.1 Å². The van der Waals surface area contributed by atoms with Crippen LogP contribution in [0.3, 0.4) is 0 Å². The summed E-state index contributed by atoms with van der Waals surface area (Å²) < 4.78 is 0. The predicted octanol–water partition coefficient (Wildman–Crippen LogP) is 2.56. The summed E-state index contributed by atoms with van der Waals surface area (Å²) in [4.78, 5) is 12.0. The van der Waals surface area contributed by atoms with E-state index in [4.69, 9.17) is 5.73 Å². The molecule has 0 heterocycles. The van der Waals surface area contributed by atoms with Gasteiger partial charge in [-0.2, -0.15) is 11.8 Å². The monoisotopic (exact) mass is 280 g/mol. The molecule has 1 rings (SSSR count). The summed E-state index contributed by atoms with van der Waals surface area (Å²) in [7, 11) is 0. The molecule has 3 nitrogen and oxygen atoms in total. The Hall–Kier alpha value is -1.00. The average Bonchev–Trinajstić information content (AvgIpc) is 2.38. The SMILES string of the molecule is CSCC[C@@H](N)C(=O)NC(C)c1cc(C)ccc1C. The number of amides is 1. The third-order valence-electron chi connectivity index (χ3n) is 3.23. The number of hydrogen-bond donors (Lipinski definition) is 2. The molecule has 0 aliphatic carbocycles. The van der Waals surface area contributed by atoms with Gasteiger partial charge in [-0.3, -0.25) is 4.79 Å². The van der Waals surface area contributed by atoms with Crippen LogP contribution < -0.4 is 11.1 Å². The Morgan fingerprint density at radius 3 is 2.74 bits per heavy atom. The number of aryl methyl sites for hydroxylation is 2. The first-order chi connectivity index (χ1) is 8.95. The standard InChI is InChI=1S/C15H24N2OS/c1-10-5-6-11(2)13(9-10)12(3)17-15(18)14(16)7-8-19-4/h5-6,9,12,14H,7-8,16H2,1-4H3,(H,17,18)/t12?,14-/m1/s1. The van der Waals surface area contributed by atoms with E-state index in [2.05, 4.69) is 37.4 Å². The van der Waals surface area contributed by atoms with Crippen LogP contribution in [0.4, 0.5) is 0 Å². The predicted molar refractivity (Wildman–Crippen MR) is 83.4 cm³/mol. The smallest absolute Gasteiger partial charge is 0.237 e. The van der Waals surface area contributed by atoms with Gasteiger partial charge in [-0.1, -0.05) is 23.8 Å². The van der Waals surface area contributed by atoms with Crippen LogP contribution in [0.2, 0.25) is 0 Å². The first-order valence-electron chi connectivity index (χ1n) is 6.57. The van der Waals surface area contributed by atoms with Gasteiger partial charge in [-0.25, -0.2) is 0 Å². The summed E-state index contributed by atoms with van der Waals surface area (Å²) in [6.45, 7) is 6.12. The molecule has 0 saturated carbocycles. The molecule has 1 amide bonds. The summed E-state index contributed by atoms with van der Waals surface area (Å²) in [5.74, 6) is 0.842. The lowest BCUT2D eigenvalue weighted by Crippen LogP contribution is -2.42. The molecular weight excluding hydrogens is 256 g/mol. The molecule has 19 heavy (non-hydrogen) atoms. The zero-order valence-corrected chi connectivity index (χ0v) is 13.0. The second-order valence-electron chi connectivity index (χ2n) is 4.98. The van der Waals surface area contributed by atoms with Gasteiger partial charge in [0.15, 0.2) is 0 Å². The normalized spacial score (nSPS) is 13.9. The zero-order valence-electron chi connectivity index (χ0n) is 12.2. The number of carbonyl (C=O) groups is 1. The summed E-state index contributed by atoms with van der Waals surface area (Å²) in [5, 5.41) is 3.00. The van der Waals surface area contributed by atoms with E-state index in [1.807, 2.05) is 13.2 Å². The number of carbonyl (C=O) groups excluding carboxylic acids is 1. The van der Waals surface area contributed by atoms with Gasteiger partial charge in [0.05, 0.1) is 12.1 Å². The zero-order chi connectivity index (χ0) is 14.4. The topological polar surface area (TPSA) is 55.1 Å². The first kappa shape index (κ1) is 16.1. The van der Waals surface area contributed by atoms with E-state index < -0.39 is 6.04 Å². The van der Waals surface area contributed by atoms with Crippen LogP contribution in [0.5, 0.6) is 0 Å². The van der Waals surface area contributed by atoms with Crippen LogP contribution in [-0.4, -0.2) is 24.0 Å². The van der Waals surface area contributed by atoms with Crippen molar-refractivity contribution in [3.63, 3.8) is 0 Å². The number of nitrogens with two attached hydrogens (primary N) is 1. The van der Waals surface area contributed by atoms with Crippen LogP contribution in [-0.2, 0) is 4.79 Å². The molecule has 1 aromatic carbocycles. The number of hydrogen-bond acceptors (Lipinski definition) is 3. The van der Waals surface area contributed by atoms with E-state index in [0.29, 0.717) is 6.42 Å². The van der Waals surface area contributed by atoms with Crippen LogP contribution in [0, 0.1) is 13.8 Å². The first-order valence-corrected chi connectivity index (χ1v) is 7.97. The molecular formula is C15H24N2OS. The fraction of sp³-hybridized carbons (Fsp3) is 0.533. The Morgan fingerprint density at radius 1 is 1.42 bits per heavy atom. The Balaban J connectivity index is 2.66. The minimum absolute atomic E-state index is 0.00673. The highest BCUT2D eigenvalue weighted by Gasteiger charge is 2.17. The van der Waals surface area contributed by atoms with Crippen molar-refractivity contribution in [2.45, 2.75) is 39.3 Å². The minimum atomic E-state index is -0.417. The van der Waals surface area contributed by atoms with Crippen molar-refractivity contribution < 1.29 is 4.79 Å². The van der Waals surface area contributed by atoms with Crippen molar-refractivity contribution in [3.05, 3.63) is 34.9 Å². The lowest BCUT2D eigenvalue weighted by atomic mass is 9.99. The van der Waals surface area contributed by atoms with Gasteiger partial charge in [-0.15, -0.1) is 0 Å². The van der Waals surface area contributed by atoms with Crippen molar-refractivity contribution >= 4 is 17.7 Å². The maximum atomic E-state index is 12.0. The van der Waals surface area contributed by atoms with Crippen LogP contribution >= 0.6 is 11.8 Å². The maximum absolute atomic E-state index is 12.0. The Bertz CT molecular complexity index is 434. The van der Waals surface area contributed by atoms with Crippen molar-refractivity contribution in [1.29, 1.82) is 0 Å². The van der Waals surface area contributed by atoms with Gasteiger partial charge in [0, 0.05) is 0 Å². The highest BCUT2D eigenvalue weighted by atomic mass is 32.2. The molecule has 0 fully saturated rings. The Morgan fingerprint density at radius 2 is 2.11 bits per heavy atom. The second kappa shape index (κ2) is 7.56. The highest BCUT2D eigenvalue weighted by Crippen LogP contribution is 2.19. The maximum Gasteiger partial charge on any atom is 0.237 e. The third-order valence-corrected chi connectivity index (χ3v) is 3.87. The molecule has 4 heteroatoms.